The van der Waals surface area contributed by atoms with Crippen LogP contribution < -0.4 is 10.1 Å². The maximum absolute atomic E-state index is 12.1. The molecular formula is C15H20BrNO4. The third-order valence-corrected chi connectivity index (χ3v) is 3.13. The van der Waals surface area contributed by atoms with E-state index >= 15 is 0 Å². The monoisotopic (exact) mass is 357 g/mol. The molecule has 0 heterocycles. The van der Waals surface area contributed by atoms with Crippen LogP contribution in [0.2, 0.25) is 0 Å². The van der Waals surface area contributed by atoms with Crippen LogP contribution in [0, 0.1) is 0 Å². The Morgan fingerprint density at radius 2 is 2.05 bits per heavy atom. The number of esters is 1. The van der Waals surface area contributed by atoms with Crippen LogP contribution in [0.15, 0.2) is 22.7 Å². The van der Waals surface area contributed by atoms with E-state index in [4.69, 9.17) is 9.47 Å². The number of benzene rings is 1. The van der Waals surface area contributed by atoms with E-state index in [1.54, 1.807) is 19.1 Å². The summed E-state index contributed by atoms with van der Waals surface area (Å²) in [6.07, 6.45) is 1.93. The maximum atomic E-state index is 12.1. The van der Waals surface area contributed by atoms with Crippen molar-refractivity contribution in [1.82, 2.24) is 5.32 Å². The summed E-state index contributed by atoms with van der Waals surface area (Å²) in [4.78, 5) is 23.4. The van der Waals surface area contributed by atoms with Crippen LogP contribution in [-0.4, -0.2) is 31.6 Å². The highest BCUT2D eigenvalue weighted by molar-refractivity contribution is 9.10. The molecule has 1 rings (SSSR count). The average Bonchev–Trinajstić information content (AvgIpc) is 2.46. The molecule has 6 heteroatoms. The first-order valence-electron chi connectivity index (χ1n) is 6.94. The van der Waals surface area contributed by atoms with E-state index in [0.29, 0.717) is 17.9 Å². The lowest BCUT2D eigenvalue weighted by Gasteiger charge is -2.12. The molecule has 0 aliphatic carbocycles. The standard InChI is InChI=1S/C15H20BrNO4/c1-3-5-8-21-13-7-6-11(16)9-12(13)15(19)17-10-14(18)20-4-2/h6-7,9H,3-5,8,10H2,1-2H3,(H,17,19). The molecule has 0 aliphatic heterocycles. The summed E-state index contributed by atoms with van der Waals surface area (Å²) in [5, 5.41) is 2.53. The molecule has 0 spiro atoms. The van der Waals surface area contributed by atoms with Crippen LogP contribution in [0.4, 0.5) is 0 Å². The second-order valence-electron chi connectivity index (χ2n) is 4.33. The van der Waals surface area contributed by atoms with Crippen molar-refractivity contribution in [2.75, 3.05) is 19.8 Å². The highest BCUT2D eigenvalue weighted by Gasteiger charge is 2.14. The summed E-state index contributed by atoms with van der Waals surface area (Å²) in [7, 11) is 0. The molecule has 0 atom stereocenters. The molecule has 0 bridgehead atoms. The fourth-order valence-electron chi connectivity index (χ4n) is 1.59. The van der Waals surface area contributed by atoms with E-state index in [1.807, 2.05) is 6.07 Å². The van der Waals surface area contributed by atoms with Gasteiger partial charge < -0.3 is 14.8 Å². The Balaban J connectivity index is 2.72. The summed E-state index contributed by atoms with van der Waals surface area (Å²) in [5.74, 6) is -0.321. The van der Waals surface area contributed by atoms with E-state index in [2.05, 4.69) is 28.2 Å². The predicted molar refractivity (Wildman–Crippen MR) is 83.5 cm³/mol. The first-order chi connectivity index (χ1) is 10.1. The van der Waals surface area contributed by atoms with Gasteiger partial charge >= 0.3 is 5.97 Å². The normalized spacial score (nSPS) is 10.0. The van der Waals surface area contributed by atoms with Gasteiger partial charge in [0.2, 0.25) is 0 Å². The van der Waals surface area contributed by atoms with Gasteiger partial charge in [-0.1, -0.05) is 29.3 Å². The van der Waals surface area contributed by atoms with Crippen LogP contribution in [0.3, 0.4) is 0 Å². The minimum absolute atomic E-state index is 0.159. The van der Waals surface area contributed by atoms with Crippen LogP contribution in [0.5, 0.6) is 5.75 Å². The number of carbonyl (C=O) groups is 2. The summed E-state index contributed by atoms with van der Waals surface area (Å²) in [6.45, 7) is 4.46. The molecule has 1 aromatic rings. The van der Waals surface area contributed by atoms with Gasteiger partial charge in [-0.05, 0) is 31.5 Å². The number of rotatable bonds is 8. The zero-order valence-corrected chi connectivity index (χ0v) is 13.9. The molecule has 0 saturated carbocycles. The predicted octanol–water partition coefficient (Wildman–Crippen LogP) is 2.92. The molecule has 1 N–H and O–H groups in total. The van der Waals surface area contributed by atoms with Gasteiger partial charge in [0.15, 0.2) is 0 Å². The van der Waals surface area contributed by atoms with E-state index in [1.165, 1.54) is 0 Å². The number of ether oxygens (including phenoxy) is 2. The topological polar surface area (TPSA) is 64.6 Å². The highest BCUT2D eigenvalue weighted by atomic mass is 79.9. The van der Waals surface area contributed by atoms with Gasteiger partial charge in [-0.25, -0.2) is 0 Å². The van der Waals surface area contributed by atoms with Gasteiger partial charge in [0, 0.05) is 4.47 Å². The van der Waals surface area contributed by atoms with Gasteiger partial charge in [-0.3, -0.25) is 9.59 Å². The maximum Gasteiger partial charge on any atom is 0.325 e. The summed E-state index contributed by atoms with van der Waals surface area (Å²) in [6, 6.07) is 5.21. The molecule has 0 fully saturated rings. The van der Waals surface area contributed by atoms with Crippen molar-refractivity contribution in [3.05, 3.63) is 28.2 Å². The summed E-state index contributed by atoms with van der Waals surface area (Å²) in [5.41, 5.74) is 0.393. The van der Waals surface area contributed by atoms with Crippen molar-refractivity contribution < 1.29 is 19.1 Å². The molecule has 1 amide bonds. The van der Waals surface area contributed by atoms with E-state index in [-0.39, 0.29) is 19.1 Å². The van der Waals surface area contributed by atoms with Gasteiger partial charge in [0.1, 0.15) is 12.3 Å². The van der Waals surface area contributed by atoms with Crippen molar-refractivity contribution in [2.24, 2.45) is 0 Å². The molecule has 1 aromatic carbocycles. The number of amides is 1. The number of unbranched alkanes of at least 4 members (excludes halogenated alkanes) is 1. The minimum Gasteiger partial charge on any atom is -0.493 e. The molecule has 0 aromatic heterocycles. The van der Waals surface area contributed by atoms with Crippen LogP contribution in [0.1, 0.15) is 37.0 Å². The zero-order valence-electron chi connectivity index (χ0n) is 12.3. The molecule has 21 heavy (non-hydrogen) atoms. The van der Waals surface area contributed by atoms with Crippen LogP contribution in [-0.2, 0) is 9.53 Å². The Morgan fingerprint density at radius 1 is 1.29 bits per heavy atom. The molecule has 0 aliphatic rings. The highest BCUT2D eigenvalue weighted by Crippen LogP contribution is 2.23. The van der Waals surface area contributed by atoms with Gasteiger partial charge in [0.25, 0.3) is 5.91 Å². The zero-order chi connectivity index (χ0) is 15.7. The largest absolute Gasteiger partial charge is 0.493 e. The SMILES string of the molecule is CCCCOc1ccc(Br)cc1C(=O)NCC(=O)OCC. The molecule has 0 unspecified atom stereocenters. The Bertz CT molecular complexity index is 491. The third kappa shape index (κ3) is 6.16. The van der Waals surface area contributed by atoms with Crippen molar-refractivity contribution in [3.63, 3.8) is 0 Å². The Kier molecular flexibility index (Phi) is 7.82. The minimum atomic E-state index is -0.464. The van der Waals surface area contributed by atoms with Gasteiger partial charge in [0.05, 0.1) is 18.8 Å². The Labute approximate surface area is 133 Å². The molecule has 0 radical (unpaired) electrons. The van der Waals surface area contributed by atoms with Crippen molar-refractivity contribution in [3.8, 4) is 5.75 Å². The van der Waals surface area contributed by atoms with E-state index < -0.39 is 5.97 Å². The Morgan fingerprint density at radius 3 is 2.71 bits per heavy atom. The fraction of sp³-hybridized carbons (Fsp3) is 0.467. The van der Waals surface area contributed by atoms with Crippen molar-refractivity contribution in [2.45, 2.75) is 26.7 Å². The Hall–Kier alpha value is -1.56. The lowest BCUT2D eigenvalue weighted by atomic mass is 10.2. The third-order valence-electron chi connectivity index (χ3n) is 2.64. The first kappa shape index (κ1) is 17.5. The molecular weight excluding hydrogens is 338 g/mol. The lowest BCUT2D eigenvalue weighted by molar-refractivity contribution is -0.141. The molecule has 5 nitrogen and oxygen atoms in total. The smallest absolute Gasteiger partial charge is 0.325 e. The number of hydrogen-bond acceptors (Lipinski definition) is 4. The summed E-state index contributed by atoms with van der Waals surface area (Å²) >= 11 is 3.32. The number of hydrogen-bond donors (Lipinski definition) is 1. The fourth-order valence-corrected chi connectivity index (χ4v) is 1.95. The van der Waals surface area contributed by atoms with Gasteiger partial charge in [-0.2, -0.15) is 0 Å². The molecule has 0 saturated heterocycles. The molecule has 116 valence electrons. The van der Waals surface area contributed by atoms with E-state index in [0.717, 1.165) is 17.3 Å². The van der Waals surface area contributed by atoms with Gasteiger partial charge in [-0.15, -0.1) is 0 Å². The van der Waals surface area contributed by atoms with E-state index in [9.17, 15) is 9.59 Å². The van der Waals surface area contributed by atoms with Crippen LogP contribution in [0.25, 0.3) is 0 Å². The second kappa shape index (κ2) is 9.39. The number of halogens is 1. The quantitative estimate of drug-likeness (QED) is 0.573. The first-order valence-corrected chi connectivity index (χ1v) is 7.74. The summed E-state index contributed by atoms with van der Waals surface area (Å²) < 4.78 is 11.1. The number of carbonyl (C=O) groups excluding carboxylic acids is 2. The number of nitrogens with one attached hydrogen (secondary N) is 1. The van der Waals surface area contributed by atoms with Crippen molar-refractivity contribution in [1.29, 1.82) is 0 Å². The van der Waals surface area contributed by atoms with Crippen LogP contribution >= 0.6 is 15.9 Å². The average molecular weight is 358 g/mol. The lowest BCUT2D eigenvalue weighted by Crippen LogP contribution is -2.31. The second-order valence-corrected chi connectivity index (χ2v) is 5.25. The van der Waals surface area contributed by atoms with Crippen molar-refractivity contribution >= 4 is 27.8 Å².